The smallest absolute Gasteiger partial charge is 0.326 e. The molecular weight excluding hydrogens is 418 g/mol. The summed E-state index contributed by atoms with van der Waals surface area (Å²) >= 11 is 0. The zero-order chi connectivity index (χ0) is 24.3. The number of hydrogen-bond donors (Lipinski definition) is 6. The van der Waals surface area contributed by atoms with E-state index in [0.29, 0.717) is 0 Å². The van der Waals surface area contributed by atoms with Crippen LogP contribution in [-0.2, 0) is 30.4 Å². The fourth-order valence-corrected chi connectivity index (χ4v) is 2.80. The summed E-state index contributed by atoms with van der Waals surface area (Å²) in [5, 5.41) is 16.6. The Morgan fingerprint density at radius 1 is 1.00 bits per heavy atom. The van der Waals surface area contributed by atoms with E-state index >= 15 is 0 Å². The number of rotatable bonds is 13. The Morgan fingerprint density at radius 2 is 1.62 bits per heavy atom. The summed E-state index contributed by atoms with van der Waals surface area (Å²) in [5.41, 5.74) is 11.4. The second-order valence-electron chi connectivity index (χ2n) is 7.71. The van der Waals surface area contributed by atoms with Crippen molar-refractivity contribution in [3.8, 4) is 0 Å². The molecule has 0 saturated carbocycles. The minimum absolute atomic E-state index is 0.0353. The Bertz CT molecular complexity index is 814. The highest BCUT2D eigenvalue weighted by Gasteiger charge is 2.28. The standard InChI is InChI=1S/C21H31N5O6/c1-12(2)18(21(31)32)26-20(30)15(10-13-6-4-3-5-7-13)25-17(28)11-24-19(29)14(22)8-9-16(23)27/h3-7,12,14-15,18H,8-11,22H2,1-2H3,(H2,23,27)(H,24,29)(H,25,28)(H,26,30)(H,31,32). The lowest BCUT2D eigenvalue weighted by Crippen LogP contribution is -2.55. The third kappa shape index (κ3) is 9.56. The molecule has 0 heterocycles. The van der Waals surface area contributed by atoms with E-state index in [1.54, 1.807) is 44.2 Å². The summed E-state index contributed by atoms with van der Waals surface area (Å²) < 4.78 is 0. The monoisotopic (exact) mass is 449 g/mol. The lowest BCUT2D eigenvalue weighted by molar-refractivity contribution is -0.143. The summed E-state index contributed by atoms with van der Waals surface area (Å²) in [6.07, 6.45) is 0.0865. The summed E-state index contributed by atoms with van der Waals surface area (Å²) in [7, 11) is 0. The second kappa shape index (κ2) is 13.1. The lowest BCUT2D eigenvalue weighted by atomic mass is 10.0. The van der Waals surface area contributed by atoms with Gasteiger partial charge >= 0.3 is 5.97 Å². The van der Waals surface area contributed by atoms with Gasteiger partial charge in [-0.2, -0.15) is 0 Å². The minimum Gasteiger partial charge on any atom is -0.480 e. The van der Waals surface area contributed by atoms with E-state index in [0.717, 1.165) is 5.56 Å². The maximum absolute atomic E-state index is 12.8. The molecular formula is C21H31N5O6. The third-order valence-corrected chi connectivity index (χ3v) is 4.63. The number of hydrogen-bond acceptors (Lipinski definition) is 6. The van der Waals surface area contributed by atoms with Crippen LogP contribution >= 0.6 is 0 Å². The molecule has 1 aromatic rings. The van der Waals surface area contributed by atoms with Crippen molar-refractivity contribution in [1.29, 1.82) is 0 Å². The predicted octanol–water partition coefficient (Wildman–Crippen LogP) is -1.35. The maximum atomic E-state index is 12.8. The van der Waals surface area contributed by atoms with E-state index < -0.39 is 54.3 Å². The molecule has 3 unspecified atom stereocenters. The van der Waals surface area contributed by atoms with Crippen molar-refractivity contribution < 1.29 is 29.1 Å². The van der Waals surface area contributed by atoms with Crippen LogP contribution in [0.1, 0.15) is 32.3 Å². The van der Waals surface area contributed by atoms with Gasteiger partial charge in [0.1, 0.15) is 12.1 Å². The number of carboxylic acids is 1. The topological polar surface area (TPSA) is 194 Å². The highest BCUT2D eigenvalue weighted by Crippen LogP contribution is 2.07. The van der Waals surface area contributed by atoms with E-state index in [2.05, 4.69) is 16.0 Å². The molecule has 0 fully saturated rings. The van der Waals surface area contributed by atoms with E-state index in [1.807, 2.05) is 0 Å². The summed E-state index contributed by atoms with van der Waals surface area (Å²) in [5.74, 6) is -4.11. The van der Waals surface area contributed by atoms with Gasteiger partial charge in [-0.1, -0.05) is 44.2 Å². The van der Waals surface area contributed by atoms with Crippen molar-refractivity contribution in [3.63, 3.8) is 0 Å². The van der Waals surface area contributed by atoms with Crippen LogP contribution in [0, 0.1) is 5.92 Å². The number of carbonyl (C=O) groups excluding carboxylic acids is 4. The Kier molecular flexibility index (Phi) is 10.8. The van der Waals surface area contributed by atoms with Crippen LogP contribution < -0.4 is 27.4 Å². The van der Waals surface area contributed by atoms with Crippen molar-refractivity contribution in [2.24, 2.45) is 17.4 Å². The summed E-state index contributed by atoms with van der Waals surface area (Å²) in [6.45, 7) is 2.86. The molecule has 11 nitrogen and oxygen atoms in total. The Hall–Kier alpha value is -3.47. The van der Waals surface area contributed by atoms with Crippen molar-refractivity contribution in [1.82, 2.24) is 16.0 Å². The molecule has 0 saturated heterocycles. The van der Waals surface area contributed by atoms with E-state index in [-0.39, 0.29) is 25.2 Å². The van der Waals surface area contributed by atoms with Crippen LogP contribution in [0.4, 0.5) is 0 Å². The van der Waals surface area contributed by atoms with Crippen molar-refractivity contribution in [3.05, 3.63) is 35.9 Å². The summed E-state index contributed by atoms with van der Waals surface area (Å²) in [6, 6.07) is 5.68. The largest absolute Gasteiger partial charge is 0.480 e. The third-order valence-electron chi connectivity index (χ3n) is 4.63. The number of aliphatic carboxylic acids is 1. The van der Waals surface area contributed by atoms with Crippen molar-refractivity contribution >= 4 is 29.6 Å². The normalized spacial score (nSPS) is 13.5. The average molecular weight is 450 g/mol. The summed E-state index contributed by atoms with van der Waals surface area (Å²) in [4.78, 5) is 59.3. The molecule has 1 rings (SSSR count). The van der Waals surface area contributed by atoms with E-state index in [1.165, 1.54) is 0 Å². The van der Waals surface area contributed by atoms with Gasteiger partial charge in [-0.05, 0) is 17.9 Å². The van der Waals surface area contributed by atoms with Gasteiger partial charge in [-0.3, -0.25) is 19.2 Å². The zero-order valence-electron chi connectivity index (χ0n) is 18.2. The fraction of sp³-hybridized carbons (Fsp3) is 0.476. The number of nitrogens with two attached hydrogens (primary N) is 2. The molecule has 11 heteroatoms. The average Bonchev–Trinajstić information content (AvgIpc) is 2.73. The van der Waals surface area contributed by atoms with Gasteiger partial charge in [0.2, 0.25) is 23.6 Å². The van der Waals surface area contributed by atoms with Gasteiger partial charge in [0.15, 0.2) is 0 Å². The minimum atomic E-state index is -1.18. The van der Waals surface area contributed by atoms with E-state index in [9.17, 15) is 29.1 Å². The Labute approximate surface area is 186 Å². The lowest BCUT2D eigenvalue weighted by Gasteiger charge is -2.23. The molecule has 32 heavy (non-hydrogen) atoms. The van der Waals surface area contributed by atoms with Crippen LogP contribution in [0.25, 0.3) is 0 Å². The first-order chi connectivity index (χ1) is 15.0. The SMILES string of the molecule is CC(C)C(NC(=O)C(Cc1ccccc1)NC(=O)CNC(=O)C(N)CCC(N)=O)C(=O)O. The van der Waals surface area contributed by atoms with Crippen molar-refractivity contribution in [2.75, 3.05) is 6.54 Å². The first kappa shape index (κ1) is 26.6. The van der Waals surface area contributed by atoms with Gasteiger partial charge < -0.3 is 32.5 Å². The Balaban J connectivity index is 2.79. The molecule has 0 bridgehead atoms. The van der Waals surface area contributed by atoms with Crippen molar-refractivity contribution in [2.45, 2.75) is 51.2 Å². The molecule has 0 aliphatic heterocycles. The molecule has 0 aliphatic rings. The number of primary amides is 1. The molecule has 1 aromatic carbocycles. The van der Waals surface area contributed by atoms with Crippen LogP contribution in [0.5, 0.6) is 0 Å². The first-order valence-corrected chi connectivity index (χ1v) is 10.2. The zero-order valence-corrected chi connectivity index (χ0v) is 18.2. The van der Waals surface area contributed by atoms with Crippen LogP contribution in [0.2, 0.25) is 0 Å². The molecule has 0 spiro atoms. The van der Waals surface area contributed by atoms with Gasteiger partial charge in [0.25, 0.3) is 0 Å². The molecule has 4 amide bonds. The van der Waals surface area contributed by atoms with E-state index in [4.69, 9.17) is 11.5 Å². The number of carbonyl (C=O) groups is 5. The maximum Gasteiger partial charge on any atom is 0.326 e. The first-order valence-electron chi connectivity index (χ1n) is 10.2. The number of carboxylic acid groups (broad SMARTS) is 1. The number of nitrogens with one attached hydrogen (secondary N) is 3. The molecule has 0 aliphatic carbocycles. The molecule has 176 valence electrons. The van der Waals surface area contributed by atoms with Gasteiger partial charge in [0.05, 0.1) is 12.6 Å². The van der Waals surface area contributed by atoms with Gasteiger partial charge in [0, 0.05) is 12.8 Å². The van der Waals surface area contributed by atoms with Gasteiger partial charge in [-0.25, -0.2) is 4.79 Å². The highest BCUT2D eigenvalue weighted by atomic mass is 16.4. The second-order valence-corrected chi connectivity index (χ2v) is 7.71. The number of amides is 4. The van der Waals surface area contributed by atoms with Crippen LogP contribution in [0.3, 0.4) is 0 Å². The quantitative estimate of drug-likeness (QED) is 0.214. The molecule has 3 atom stereocenters. The predicted molar refractivity (Wildman–Crippen MR) is 116 cm³/mol. The molecule has 0 radical (unpaired) electrons. The van der Waals surface area contributed by atoms with Crippen LogP contribution in [0.15, 0.2) is 30.3 Å². The fourth-order valence-electron chi connectivity index (χ4n) is 2.80. The molecule has 0 aromatic heterocycles. The highest BCUT2D eigenvalue weighted by molar-refractivity contribution is 5.92. The molecule has 8 N–H and O–H groups in total. The van der Waals surface area contributed by atoms with Crippen LogP contribution in [-0.4, -0.2) is 59.4 Å². The number of benzene rings is 1. The Morgan fingerprint density at radius 3 is 2.16 bits per heavy atom. The van der Waals surface area contributed by atoms with Gasteiger partial charge in [-0.15, -0.1) is 0 Å².